The van der Waals surface area contributed by atoms with Crippen LogP contribution in [0.5, 0.6) is 11.5 Å². The standard InChI is InChI=1S/C22H19ClFNO2/c1-14-5-7-15(8-6-14)12-25-13-16-9-10-21(26)18(22(16)27)11-17-19(23)3-2-4-20(17)24/h2-10,13,26-27H,11-12H2,1H3/b25-13+. The van der Waals surface area contributed by atoms with Gasteiger partial charge in [-0.2, -0.15) is 0 Å². The molecular weight excluding hydrogens is 365 g/mol. The smallest absolute Gasteiger partial charge is 0.131 e. The summed E-state index contributed by atoms with van der Waals surface area (Å²) < 4.78 is 14.0. The molecule has 3 nitrogen and oxygen atoms in total. The van der Waals surface area contributed by atoms with Gasteiger partial charge in [0.25, 0.3) is 0 Å². The minimum Gasteiger partial charge on any atom is -0.508 e. The number of rotatable bonds is 5. The van der Waals surface area contributed by atoms with E-state index in [1.807, 2.05) is 31.2 Å². The summed E-state index contributed by atoms with van der Waals surface area (Å²) in [6.45, 7) is 2.49. The first-order valence-electron chi connectivity index (χ1n) is 8.48. The van der Waals surface area contributed by atoms with Crippen LogP contribution < -0.4 is 0 Å². The zero-order valence-electron chi connectivity index (χ0n) is 14.8. The van der Waals surface area contributed by atoms with Crippen LogP contribution in [0.3, 0.4) is 0 Å². The molecule has 5 heteroatoms. The molecule has 0 amide bonds. The summed E-state index contributed by atoms with van der Waals surface area (Å²) in [4.78, 5) is 4.35. The normalized spacial score (nSPS) is 11.2. The molecule has 0 radical (unpaired) electrons. The highest BCUT2D eigenvalue weighted by molar-refractivity contribution is 6.31. The Morgan fingerprint density at radius 1 is 1.00 bits per heavy atom. The number of aromatic hydroxyl groups is 2. The summed E-state index contributed by atoms with van der Waals surface area (Å²) in [5, 5.41) is 20.9. The van der Waals surface area contributed by atoms with Gasteiger partial charge in [-0.05, 0) is 36.8 Å². The second-order valence-electron chi connectivity index (χ2n) is 6.33. The lowest BCUT2D eigenvalue weighted by atomic mass is 10.00. The molecule has 0 spiro atoms. The number of aliphatic imine (C=N–C) groups is 1. The number of nitrogens with zero attached hydrogens (tertiary/aromatic N) is 1. The van der Waals surface area contributed by atoms with Gasteiger partial charge in [0.15, 0.2) is 0 Å². The number of phenols is 2. The predicted octanol–water partition coefficient (Wildman–Crippen LogP) is 5.41. The van der Waals surface area contributed by atoms with Crippen LogP contribution in [0.4, 0.5) is 4.39 Å². The van der Waals surface area contributed by atoms with Crippen molar-refractivity contribution in [2.24, 2.45) is 4.99 Å². The molecular formula is C22H19ClFNO2. The van der Waals surface area contributed by atoms with Crippen molar-refractivity contribution >= 4 is 17.8 Å². The average molecular weight is 384 g/mol. The Bertz CT molecular complexity index is 964. The van der Waals surface area contributed by atoms with Gasteiger partial charge in [-0.15, -0.1) is 0 Å². The lowest BCUT2D eigenvalue weighted by molar-refractivity contribution is 0.439. The fraction of sp³-hybridized carbons (Fsp3) is 0.136. The third kappa shape index (κ3) is 4.47. The second-order valence-corrected chi connectivity index (χ2v) is 6.74. The molecule has 138 valence electrons. The zero-order valence-corrected chi connectivity index (χ0v) is 15.5. The molecule has 0 heterocycles. The minimum atomic E-state index is -0.486. The summed E-state index contributed by atoms with van der Waals surface area (Å²) in [5.74, 6) is -0.746. The number of aryl methyl sites for hydroxylation is 1. The van der Waals surface area contributed by atoms with Crippen LogP contribution in [0.1, 0.15) is 27.8 Å². The van der Waals surface area contributed by atoms with Gasteiger partial charge in [0.05, 0.1) is 6.54 Å². The summed E-state index contributed by atoms with van der Waals surface area (Å²) in [5.41, 5.74) is 3.10. The van der Waals surface area contributed by atoms with E-state index in [4.69, 9.17) is 11.6 Å². The van der Waals surface area contributed by atoms with Gasteiger partial charge in [0.1, 0.15) is 17.3 Å². The van der Waals surface area contributed by atoms with Crippen LogP contribution in [0, 0.1) is 12.7 Å². The van der Waals surface area contributed by atoms with E-state index in [9.17, 15) is 14.6 Å². The van der Waals surface area contributed by atoms with E-state index in [-0.39, 0.29) is 34.1 Å². The number of hydrogen-bond donors (Lipinski definition) is 2. The molecule has 3 aromatic carbocycles. The SMILES string of the molecule is Cc1ccc(C/N=C/c2ccc(O)c(Cc3c(F)cccc3Cl)c2O)cc1. The molecule has 0 saturated heterocycles. The van der Waals surface area contributed by atoms with Crippen LogP contribution in [-0.4, -0.2) is 16.4 Å². The Labute approximate surface area is 162 Å². The summed E-state index contributed by atoms with van der Waals surface area (Å²) in [6.07, 6.45) is 1.52. The Morgan fingerprint density at radius 2 is 1.74 bits per heavy atom. The van der Waals surface area contributed by atoms with Crippen molar-refractivity contribution in [1.82, 2.24) is 0 Å². The summed E-state index contributed by atoms with van der Waals surface area (Å²) in [6, 6.07) is 15.4. The van der Waals surface area contributed by atoms with Gasteiger partial charge in [-0.3, -0.25) is 4.99 Å². The van der Waals surface area contributed by atoms with E-state index in [0.717, 1.165) is 5.56 Å². The summed E-state index contributed by atoms with van der Waals surface area (Å²) in [7, 11) is 0. The molecule has 2 N–H and O–H groups in total. The first kappa shape index (κ1) is 18.9. The van der Waals surface area contributed by atoms with Crippen LogP contribution in [-0.2, 0) is 13.0 Å². The molecule has 0 aliphatic carbocycles. The van der Waals surface area contributed by atoms with Gasteiger partial charge in [-0.25, -0.2) is 4.39 Å². The van der Waals surface area contributed by atoms with E-state index in [2.05, 4.69) is 4.99 Å². The number of halogens is 2. The maximum Gasteiger partial charge on any atom is 0.131 e. The maximum atomic E-state index is 14.0. The Balaban J connectivity index is 1.85. The van der Waals surface area contributed by atoms with Crippen LogP contribution >= 0.6 is 11.6 Å². The topological polar surface area (TPSA) is 52.8 Å². The first-order valence-corrected chi connectivity index (χ1v) is 8.85. The molecule has 0 saturated carbocycles. The minimum absolute atomic E-state index is 0.0250. The molecule has 0 bridgehead atoms. The third-order valence-electron chi connectivity index (χ3n) is 4.33. The van der Waals surface area contributed by atoms with E-state index >= 15 is 0 Å². The van der Waals surface area contributed by atoms with Gasteiger partial charge >= 0.3 is 0 Å². The molecule has 27 heavy (non-hydrogen) atoms. The molecule has 0 unspecified atom stereocenters. The predicted molar refractivity (Wildman–Crippen MR) is 106 cm³/mol. The third-order valence-corrected chi connectivity index (χ3v) is 4.68. The van der Waals surface area contributed by atoms with E-state index in [1.165, 1.54) is 23.8 Å². The van der Waals surface area contributed by atoms with Crippen LogP contribution in [0.25, 0.3) is 0 Å². The quantitative estimate of drug-likeness (QED) is 0.579. The Kier molecular flexibility index (Phi) is 5.77. The number of phenolic OH excluding ortho intramolecular Hbond substituents is 2. The highest BCUT2D eigenvalue weighted by Crippen LogP contribution is 2.34. The van der Waals surface area contributed by atoms with Crippen LogP contribution in [0.15, 0.2) is 59.6 Å². The van der Waals surface area contributed by atoms with E-state index in [0.29, 0.717) is 12.1 Å². The van der Waals surface area contributed by atoms with Gasteiger partial charge in [0, 0.05) is 34.3 Å². The van der Waals surface area contributed by atoms with Crippen molar-refractivity contribution < 1.29 is 14.6 Å². The fourth-order valence-electron chi connectivity index (χ4n) is 2.74. The number of hydrogen-bond acceptors (Lipinski definition) is 3. The molecule has 0 aliphatic rings. The molecule has 0 atom stereocenters. The Morgan fingerprint density at radius 3 is 2.44 bits per heavy atom. The molecule has 3 rings (SSSR count). The van der Waals surface area contributed by atoms with Gasteiger partial charge in [-0.1, -0.05) is 47.5 Å². The molecule has 3 aromatic rings. The van der Waals surface area contributed by atoms with Crippen molar-refractivity contribution in [3.8, 4) is 11.5 Å². The second kappa shape index (κ2) is 8.23. The largest absolute Gasteiger partial charge is 0.508 e. The monoisotopic (exact) mass is 383 g/mol. The lowest BCUT2D eigenvalue weighted by Crippen LogP contribution is -1.97. The van der Waals surface area contributed by atoms with Gasteiger partial charge < -0.3 is 10.2 Å². The van der Waals surface area contributed by atoms with Crippen molar-refractivity contribution in [3.63, 3.8) is 0 Å². The van der Waals surface area contributed by atoms with Crippen molar-refractivity contribution in [2.75, 3.05) is 0 Å². The first-order chi connectivity index (χ1) is 13.0. The van der Waals surface area contributed by atoms with E-state index < -0.39 is 5.82 Å². The van der Waals surface area contributed by atoms with Crippen LogP contribution in [0.2, 0.25) is 5.02 Å². The molecule has 0 fully saturated rings. The van der Waals surface area contributed by atoms with Crippen molar-refractivity contribution in [2.45, 2.75) is 19.9 Å². The highest BCUT2D eigenvalue weighted by atomic mass is 35.5. The van der Waals surface area contributed by atoms with Gasteiger partial charge in [0.2, 0.25) is 0 Å². The number of benzene rings is 3. The van der Waals surface area contributed by atoms with Crippen molar-refractivity contribution in [3.05, 3.63) is 93.3 Å². The lowest BCUT2D eigenvalue weighted by Gasteiger charge is -2.11. The molecule has 0 aliphatic heterocycles. The van der Waals surface area contributed by atoms with E-state index in [1.54, 1.807) is 18.3 Å². The molecule has 0 aromatic heterocycles. The maximum absolute atomic E-state index is 14.0. The highest BCUT2D eigenvalue weighted by Gasteiger charge is 2.16. The zero-order chi connectivity index (χ0) is 19.4. The average Bonchev–Trinajstić information content (AvgIpc) is 2.64. The summed E-state index contributed by atoms with van der Waals surface area (Å²) >= 11 is 6.06. The Hall–Kier alpha value is -2.85. The van der Waals surface area contributed by atoms with Crippen molar-refractivity contribution in [1.29, 1.82) is 0 Å². The fourth-order valence-corrected chi connectivity index (χ4v) is 2.97.